The van der Waals surface area contributed by atoms with E-state index >= 15 is 0 Å². The first-order chi connectivity index (χ1) is 15.2. The molecule has 0 bridgehead atoms. The van der Waals surface area contributed by atoms with Crippen LogP contribution in [0.3, 0.4) is 0 Å². The zero-order valence-electron chi connectivity index (χ0n) is 20.7. The lowest BCUT2D eigenvalue weighted by Crippen LogP contribution is -2.54. The second-order valence-corrected chi connectivity index (χ2v) is 10.2. The number of nitrogens with one attached hydrogen (secondary N) is 2. The molecule has 2 aromatic carbocycles. The van der Waals surface area contributed by atoms with Gasteiger partial charge in [-0.1, -0.05) is 17.7 Å². The first kappa shape index (κ1) is 24.3. The van der Waals surface area contributed by atoms with Gasteiger partial charge in [0.05, 0.1) is 5.69 Å². The van der Waals surface area contributed by atoms with Crippen LogP contribution in [0.25, 0.3) is 0 Å². The number of carbonyl (C=O) groups excluding carboxylic acids is 3. The zero-order chi connectivity index (χ0) is 24.7. The van der Waals surface area contributed by atoms with Crippen molar-refractivity contribution in [1.29, 1.82) is 0 Å². The van der Waals surface area contributed by atoms with Crippen LogP contribution < -0.4 is 20.3 Å². The van der Waals surface area contributed by atoms with E-state index in [0.717, 1.165) is 22.4 Å². The number of nitrogens with zero attached hydrogens (tertiary/aromatic N) is 1. The number of rotatable bonds is 4. The lowest BCUT2D eigenvalue weighted by atomic mass is 10.0. The number of ether oxygens (including phenoxy) is 1. The zero-order valence-corrected chi connectivity index (χ0v) is 20.7. The van der Waals surface area contributed by atoms with Crippen LogP contribution in [0.2, 0.25) is 0 Å². The van der Waals surface area contributed by atoms with Crippen LogP contribution in [-0.2, 0) is 9.59 Å². The van der Waals surface area contributed by atoms with Gasteiger partial charge in [0.2, 0.25) is 5.91 Å². The second kappa shape index (κ2) is 8.54. The number of fused-ring (bicyclic) bond motifs is 1. The third-order valence-corrected chi connectivity index (χ3v) is 5.37. The predicted octanol–water partition coefficient (Wildman–Crippen LogP) is 4.28. The first-order valence-electron chi connectivity index (χ1n) is 11.0. The Morgan fingerprint density at radius 2 is 1.64 bits per heavy atom. The maximum absolute atomic E-state index is 13.2. The molecule has 2 aromatic rings. The van der Waals surface area contributed by atoms with Gasteiger partial charge in [-0.25, -0.2) is 0 Å². The van der Waals surface area contributed by atoms with Crippen LogP contribution in [0, 0.1) is 20.8 Å². The Morgan fingerprint density at radius 3 is 2.21 bits per heavy atom. The van der Waals surface area contributed by atoms with Crippen molar-refractivity contribution < 1.29 is 19.1 Å². The normalized spacial score (nSPS) is 14.9. The number of anilines is 2. The van der Waals surface area contributed by atoms with E-state index in [1.54, 1.807) is 32.0 Å². The Balaban J connectivity index is 1.93. The van der Waals surface area contributed by atoms with Crippen LogP contribution in [0.15, 0.2) is 30.3 Å². The van der Waals surface area contributed by atoms with E-state index in [4.69, 9.17) is 4.74 Å². The van der Waals surface area contributed by atoms with E-state index < -0.39 is 11.1 Å². The molecule has 1 aliphatic heterocycles. The molecule has 2 N–H and O–H groups in total. The molecule has 0 atom stereocenters. The minimum atomic E-state index is -1.14. The maximum Gasteiger partial charge on any atom is 0.271 e. The highest BCUT2D eigenvalue weighted by atomic mass is 16.5. The highest BCUT2D eigenvalue weighted by molar-refractivity contribution is 6.09. The Morgan fingerprint density at radius 1 is 1.03 bits per heavy atom. The maximum atomic E-state index is 13.2. The van der Waals surface area contributed by atoms with Crippen molar-refractivity contribution in [2.24, 2.45) is 0 Å². The molecule has 1 heterocycles. The minimum absolute atomic E-state index is 0.199. The number of amides is 3. The molecule has 7 nitrogen and oxygen atoms in total. The number of aryl methyl sites for hydroxylation is 3. The molecule has 0 unspecified atom stereocenters. The van der Waals surface area contributed by atoms with Gasteiger partial charge in [0.15, 0.2) is 5.60 Å². The molecule has 0 radical (unpaired) electrons. The van der Waals surface area contributed by atoms with E-state index in [1.165, 1.54) is 4.90 Å². The van der Waals surface area contributed by atoms with Gasteiger partial charge in [0.1, 0.15) is 12.3 Å². The van der Waals surface area contributed by atoms with Crippen molar-refractivity contribution in [2.45, 2.75) is 66.5 Å². The summed E-state index contributed by atoms with van der Waals surface area (Å²) < 4.78 is 5.89. The number of benzene rings is 2. The van der Waals surface area contributed by atoms with E-state index in [0.29, 0.717) is 17.0 Å². The molecule has 7 heteroatoms. The summed E-state index contributed by atoms with van der Waals surface area (Å²) in [6.45, 7) is 14.7. The molecule has 176 valence electrons. The Hall–Kier alpha value is -3.35. The molecular weight excluding hydrogens is 418 g/mol. The van der Waals surface area contributed by atoms with Crippen molar-refractivity contribution in [3.8, 4) is 5.75 Å². The average Bonchev–Trinajstić information content (AvgIpc) is 2.66. The summed E-state index contributed by atoms with van der Waals surface area (Å²) in [5, 5.41) is 5.86. The monoisotopic (exact) mass is 451 g/mol. The molecule has 0 spiro atoms. The highest BCUT2D eigenvalue weighted by Crippen LogP contribution is 2.38. The van der Waals surface area contributed by atoms with Gasteiger partial charge in [0, 0.05) is 16.8 Å². The fourth-order valence-corrected chi connectivity index (χ4v) is 3.98. The number of hydrogen-bond donors (Lipinski definition) is 2. The van der Waals surface area contributed by atoms with Crippen molar-refractivity contribution in [3.63, 3.8) is 0 Å². The third kappa shape index (κ3) is 5.35. The summed E-state index contributed by atoms with van der Waals surface area (Å²) in [5.41, 5.74) is 2.99. The summed E-state index contributed by atoms with van der Waals surface area (Å²) in [7, 11) is 0. The molecule has 0 aromatic heterocycles. The molecule has 0 saturated heterocycles. The van der Waals surface area contributed by atoms with Crippen molar-refractivity contribution in [2.75, 3.05) is 16.8 Å². The van der Waals surface area contributed by atoms with Crippen LogP contribution in [0.5, 0.6) is 5.75 Å². The lowest BCUT2D eigenvalue weighted by Gasteiger charge is -2.38. The van der Waals surface area contributed by atoms with Gasteiger partial charge >= 0.3 is 0 Å². The molecule has 0 saturated carbocycles. The minimum Gasteiger partial charge on any atom is -0.476 e. The lowest BCUT2D eigenvalue weighted by molar-refractivity contribution is -0.133. The standard InChI is InChI=1S/C26H33N3O4/c1-15-11-16(2)22(17(3)12-15)27-21(30)14-29-19-13-18(23(31)28-25(4,5)6)9-10-20(19)33-26(7,8)24(29)32/h9-13H,14H2,1-8H3,(H,27,30)(H,28,31). The summed E-state index contributed by atoms with van der Waals surface area (Å²) in [4.78, 5) is 40.3. The Kier molecular flexibility index (Phi) is 6.29. The SMILES string of the molecule is Cc1cc(C)c(NC(=O)CN2C(=O)C(C)(C)Oc3ccc(C(=O)NC(C)(C)C)cc32)c(C)c1. The predicted molar refractivity (Wildman–Crippen MR) is 130 cm³/mol. The molecule has 1 aliphatic rings. The van der Waals surface area contributed by atoms with Crippen LogP contribution >= 0.6 is 0 Å². The quantitative estimate of drug-likeness (QED) is 0.726. The fraction of sp³-hybridized carbons (Fsp3) is 0.423. The van der Waals surface area contributed by atoms with E-state index in [-0.39, 0.29) is 24.3 Å². The molecule has 3 rings (SSSR count). The van der Waals surface area contributed by atoms with Crippen LogP contribution in [0.1, 0.15) is 61.7 Å². The third-order valence-electron chi connectivity index (χ3n) is 5.37. The number of hydrogen-bond acceptors (Lipinski definition) is 4. The largest absolute Gasteiger partial charge is 0.476 e. The topological polar surface area (TPSA) is 87.7 Å². The molecule has 3 amide bonds. The van der Waals surface area contributed by atoms with Crippen LogP contribution in [0.4, 0.5) is 11.4 Å². The van der Waals surface area contributed by atoms with Gasteiger partial charge in [-0.3, -0.25) is 19.3 Å². The first-order valence-corrected chi connectivity index (χ1v) is 11.0. The Bertz CT molecular complexity index is 1110. The van der Waals surface area contributed by atoms with Gasteiger partial charge in [-0.15, -0.1) is 0 Å². The van der Waals surface area contributed by atoms with Crippen LogP contribution in [-0.4, -0.2) is 35.4 Å². The van der Waals surface area contributed by atoms with Gasteiger partial charge in [0.25, 0.3) is 11.8 Å². The van der Waals surface area contributed by atoms with Gasteiger partial charge in [-0.05, 0) is 84.7 Å². The fourth-order valence-electron chi connectivity index (χ4n) is 3.98. The van der Waals surface area contributed by atoms with E-state index in [9.17, 15) is 14.4 Å². The molecule has 33 heavy (non-hydrogen) atoms. The molecule has 0 fully saturated rings. The smallest absolute Gasteiger partial charge is 0.271 e. The van der Waals surface area contributed by atoms with E-state index in [2.05, 4.69) is 10.6 Å². The van der Waals surface area contributed by atoms with Crippen molar-refractivity contribution in [3.05, 3.63) is 52.6 Å². The molecule has 0 aliphatic carbocycles. The molecular formula is C26H33N3O4. The second-order valence-electron chi connectivity index (χ2n) is 10.2. The van der Waals surface area contributed by atoms with E-state index in [1.807, 2.05) is 53.7 Å². The summed E-state index contributed by atoms with van der Waals surface area (Å²) in [5.74, 6) is -0.497. The van der Waals surface area contributed by atoms with Crippen molar-refractivity contribution >= 4 is 29.1 Å². The highest BCUT2D eigenvalue weighted by Gasteiger charge is 2.42. The number of carbonyl (C=O) groups is 3. The van der Waals surface area contributed by atoms with Gasteiger partial charge in [-0.2, -0.15) is 0 Å². The summed E-state index contributed by atoms with van der Waals surface area (Å²) in [6, 6.07) is 8.92. The summed E-state index contributed by atoms with van der Waals surface area (Å²) >= 11 is 0. The Labute approximate surface area is 195 Å². The summed E-state index contributed by atoms with van der Waals surface area (Å²) in [6.07, 6.45) is 0. The van der Waals surface area contributed by atoms with Crippen molar-refractivity contribution in [1.82, 2.24) is 5.32 Å². The van der Waals surface area contributed by atoms with Gasteiger partial charge < -0.3 is 15.4 Å². The average molecular weight is 452 g/mol.